The lowest BCUT2D eigenvalue weighted by atomic mass is 10.1. The summed E-state index contributed by atoms with van der Waals surface area (Å²) in [6.45, 7) is 3.45. The first kappa shape index (κ1) is 18.6. The number of sulfone groups is 1. The van der Waals surface area contributed by atoms with Crippen molar-refractivity contribution in [3.63, 3.8) is 0 Å². The normalized spacial score (nSPS) is 18.5. The average Bonchev–Trinajstić information content (AvgIpc) is 2.97. The molecule has 1 aromatic carbocycles. The molecule has 1 saturated heterocycles. The molecule has 6 nitrogen and oxygen atoms in total. The van der Waals surface area contributed by atoms with E-state index in [1.54, 1.807) is 6.20 Å². The Balaban J connectivity index is 1.86. The number of carbonyl (C=O) groups excluding carboxylic acids is 2. The van der Waals surface area contributed by atoms with Crippen molar-refractivity contribution >= 4 is 32.4 Å². The minimum atomic E-state index is -2.96. The van der Waals surface area contributed by atoms with Gasteiger partial charge in [0.25, 0.3) is 0 Å². The van der Waals surface area contributed by atoms with Gasteiger partial charge in [0.15, 0.2) is 5.78 Å². The molecule has 3 rings (SSSR count). The van der Waals surface area contributed by atoms with Gasteiger partial charge >= 0.3 is 0 Å². The van der Waals surface area contributed by atoms with Crippen LogP contribution in [-0.2, 0) is 14.6 Å². The Labute approximate surface area is 153 Å². The molecule has 0 spiro atoms. The van der Waals surface area contributed by atoms with Gasteiger partial charge in [0.2, 0.25) is 5.91 Å². The second kappa shape index (κ2) is 7.23. The molecule has 0 radical (unpaired) electrons. The molecule has 1 aromatic heterocycles. The molecule has 1 atom stereocenters. The number of carbonyl (C=O) groups is 2. The third-order valence-electron chi connectivity index (χ3n) is 5.05. The van der Waals surface area contributed by atoms with E-state index >= 15 is 0 Å². The first-order valence-corrected chi connectivity index (χ1v) is 10.8. The summed E-state index contributed by atoms with van der Waals surface area (Å²) in [5, 5.41) is 3.84. The van der Waals surface area contributed by atoms with Crippen molar-refractivity contribution in [1.82, 2.24) is 9.88 Å². The maximum absolute atomic E-state index is 12.9. The van der Waals surface area contributed by atoms with Crippen LogP contribution in [0.25, 0.3) is 10.9 Å². The summed E-state index contributed by atoms with van der Waals surface area (Å²) in [7, 11) is -2.96. The van der Waals surface area contributed by atoms with E-state index in [9.17, 15) is 18.0 Å². The maximum Gasteiger partial charge on any atom is 0.243 e. The first-order valence-electron chi connectivity index (χ1n) is 8.93. The quantitative estimate of drug-likeness (QED) is 0.813. The highest BCUT2D eigenvalue weighted by atomic mass is 32.2. The zero-order chi connectivity index (χ0) is 18.9. The monoisotopic (exact) mass is 376 g/mol. The van der Waals surface area contributed by atoms with E-state index in [-0.39, 0.29) is 29.2 Å². The Hall–Kier alpha value is -2.15. The van der Waals surface area contributed by atoms with E-state index in [4.69, 9.17) is 0 Å². The second-order valence-electron chi connectivity index (χ2n) is 6.88. The number of fused-ring (bicyclic) bond motifs is 1. The molecule has 1 aliphatic heterocycles. The van der Waals surface area contributed by atoms with E-state index in [2.05, 4.69) is 5.32 Å². The van der Waals surface area contributed by atoms with Crippen molar-refractivity contribution in [3.05, 3.63) is 36.0 Å². The third-order valence-corrected chi connectivity index (χ3v) is 6.76. The molecule has 140 valence electrons. The van der Waals surface area contributed by atoms with Gasteiger partial charge in [-0.15, -0.1) is 0 Å². The molecule has 1 N–H and O–H groups in total. The number of nitrogens with zero attached hydrogens (tertiary/aromatic N) is 1. The Bertz CT molecular complexity index is 932. The summed E-state index contributed by atoms with van der Waals surface area (Å²) in [6.07, 6.45) is 3.24. The van der Waals surface area contributed by atoms with E-state index in [0.29, 0.717) is 24.8 Å². The second-order valence-corrected chi connectivity index (χ2v) is 9.19. The van der Waals surface area contributed by atoms with Crippen molar-refractivity contribution < 1.29 is 18.0 Å². The van der Waals surface area contributed by atoms with Crippen molar-refractivity contribution in [3.8, 4) is 0 Å². The summed E-state index contributed by atoms with van der Waals surface area (Å²) in [4.78, 5) is 24.8. The number of ketones is 1. The summed E-state index contributed by atoms with van der Waals surface area (Å²) < 4.78 is 25.0. The smallest absolute Gasteiger partial charge is 0.243 e. The standard InChI is InChI=1S/C19H24N2O4S/c1-3-17(19(23)20-14-8-10-26(24,25)11-9-14)21-12-16(13(2)22)15-6-4-5-7-18(15)21/h4-7,12,14,17H,3,8-11H2,1-2H3,(H,20,23). The minimum Gasteiger partial charge on any atom is -0.352 e. The van der Waals surface area contributed by atoms with Gasteiger partial charge in [0.1, 0.15) is 15.9 Å². The molecular weight excluding hydrogens is 352 g/mol. The van der Waals surface area contributed by atoms with Crippen LogP contribution < -0.4 is 5.32 Å². The predicted octanol–water partition coefficient (Wildman–Crippen LogP) is 2.49. The van der Waals surface area contributed by atoms with Crippen molar-refractivity contribution in [2.24, 2.45) is 0 Å². The number of benzene rings is 1. The van der Waals surface area contributed by atoms with E-state index < -0.39 is 15.9 Å². The first-order chi connectivity index (χ1) is 12.3. The van der Waals surface area contributed by atoms with Gasteiger partial charge in [-0.05, 0) is 32.3 Å². The van der Waals surface area contributed by atoms with Crippen molar-refractivity contribution in [2.45, 2.75) is 45.2 Å². The zero-order valence-corrected chi connectivity index (χ0v) is 15.9. The molecule has 0 aliphatic carbocycles. The number of hydrogen-bond donors (Lipinski definition) is 1. The lowest BCUT2D eigenvalue weighted by Gasteiger charge is -2.26. The number of hydrogen-bond acceptors (Lipinski definition) is 4. The van der Waals surface area contributed by atoms with Crippen LogP contribution >= 0.6 is 0 Å². The van der Waals surface area contributed by atoms with Crippen molar-refractivity contribution in [1.29, 1.82) is 0 Å². The van der Waals surface area contributed by atoms with E-state index in [0.717, 1.165) is 10.9 Å². The highest BCUT2D eigenvalue weighted by Gasteiger charge is 2.28. The highest BCUT2D eigenvalue weighted by molar-refractivity contribution is 7.91. The zero-order valence-electron chi connectivity index (χ0n) is 15.1. The fourth-order valence-electron chi connectivity index (χ4n) is 3.58. The van der Waals surface area contributed by atoms with Gasteiger partial charge < -0.3 is 9.88 Å². The van der Waals surface area contributed by atoms with Crippen LogP contribution in [0.5, 0.6) is 0 Å². The summed E-state index contributed by atoms with van der Waals surface area (Å²) >= 11 is 0. The molecule has 1 amide bonds. The molecule has 2 aromatic rings. The van der Waals surface area contributed by atoms with Gasteiger partial charge in [-0.2, -0.15) is 0 Å². The molecular formula is C19H24N2O4S. The van der Waals surface area contributed by atoms with Gasteiger partial charge in [0, 0.05) is 28.7 Å². The summed E-state index contributed by atoms with van der Waals surface area (Å²) in [5.41, 5.74) is 1.46. The van der Waals surface area contributed by atoms with Crippen LogP contribution in [0.4, 0.5) is 0 Å². The SMILES string of the molecule is CCC(C(=O)NC1CCS(=O)(=O)CC1)n1cc(C(C)=O)c2ccccc21. The van der Waals surface area contributed by atoms with Crippen LogP contribution in [0.3, 0.4) is 0 Å². The molecule has 0 saturated carbocycles. The van der Waals surface area contributed by atoms with Crippen LogP contribution in [-0.4, -0.2) is 42.2 Å². The van der Waals surface area contributed by atoms with Crippen LogP contribution in [0.1, 0.15) is 49.5 Å². The lowest BCUT2D eigenvalue weighted by Crippen LogP contribution is -2.43. The topological polar surface area (TPSA) is 85.2 Å². The molecule has 7 heteroatoms. The van der Waals surface area contributed by atoms with Gasteiger partial charge in [0.05, 0.1) is 11.5 Å². The van der Waals surface area contributed by atoms with Crippen LogP contribution in [0, 0.1) is 0 Å². The lowest BCUT2D eigenvalue weighted by molar-refractivity contribution is -0.125. The number of para-hydroxylation sites is 1. The average molecular weight is 376 g/mol. The number of Topliss-reactive ketones (excluding diaryl/α,β-unsaturated/α-hetero) is 1. The van der Waals surface area contributed by atoms with Crippen LogP contribution in [0.15, 0.2) is 30.5 Å². The van der Waals surface area contributed by atoms with Gasteiger partial charge in [-0.3, -0.25) is 9.59 Å². The van der Waals surface area contributed by atoms with Crippen molar-refractivity contribution in [2.75, 3.05) is 11.5 Å². The van der Waals surface area contributed by atoms with E-state index in [1.165, 1.54) is 6.92 Å². The number of nitrogens with one attached hydrogen (secondary N) is 1. The number of amides is 1. The third kappa shape index (κ3) is 3.67. The Morgan fingerprint density at radius 3 is 2.50 bits per heavy atom. The Kier molecular flexibility index (Phi) is 5.18. The predicted molar refractivity (Wildman–Crippen MR) is 101 cm³/mol. The largest absolute Gasteiger partial charge is 0.352 e. The fraction of sp³-hybridized carbons (Fsp3) is 0.474. The number of aromatic nitrogens is 1. The number of rotatable bonds is 5. The molecule has 26 heavy (non-hydrogen) atoms. The van der Waals surface area contributed by atoms with Gasteiger partial charge in [-0.25, -0.2) is 8.42 Å². The molecule has 1 aliphatic rings. The molecule has 1 fully saturated rings. The summed E-state index contributed by atoms with van der Waals surface area (Å²) in [6, 6.07) is 7.01. The highest BCUT2D eigenvalue weighted by Crippen LogP contribution is 2.27. The molecule has 2 heterocycles. The van der Waals surface area contributed by atoms with Gasteiger partial charge in [-0.1, -0.05) is 25.1 Å². The molecule has 1 unspecified atom stereocenters. The Morgan fingerprint density at radius 1 is 1.23 bits per heavy atom. The fourth-order valence-corrected chi connectivity index (χ4v) is 5.07. The van der Waals surface area contributed by atoms with Crippen LogP contribution in [0.2, 0.25) is 0 Å². The Morgan fingerprint density at radius 2 is 1.88 bits per heavy atom. The summed E-state index contributed by atoms with van der Waals surface area (Å²) in [5.74, 6) is 0.0751. The minimum absolute atomic E-state index is 0.0345. The molecule has 0 bridgehead atoms. The van der Waals surface area contributed by atoms with E-state index in [1.807, 2.05) is 35.8 Å². The maximum atomic E-state index is 12.9.